The number of hydrogen-bond donors (Lipinski definition) is 0. The Balaban J connectivity index is 1.18. The number of Topliss-reactive ketones (excluding diaryl/α,β-unsaturated/α-hetero) is 1. The zero-order chi connectivity index (χ0) is 52.6. The maximum absolute atomic E-state index is 14.7. The van der Waals surface area contributed by atoms with Gasteiger partial charge in [-0.15, -0.1) is 11.6 Å². The maximum atomic E-state index is 14.7. The van der Waals surface area contributed by atoms with Gasteiger partial charge in [-0.1, -0.05) is 78.9 Å². The molecule has 2 amide bonds. The van der Waals surface area contributed by atoms with Gasteiger partial charge in [0.15, 0.2) is 24.8 Å². The molecule has 20 heteroatoms. The molecule has 19 nitrogen and oxygen atoms in total. The third-order valence-corrected chi connectivity index (χ3v) is 12.9. The molecule has 9 rings (SSSR count). The number of nitrogens with zero attached hydrogens (tertiary/aromatic N) is 1. The average molecular weight is 1050 g/mol. The summed E-state index contributed by atoms with van der Waals surface area (Å²) in [7, 11) is 1.47. The second-order valence-corrected chi connectivity index (χ2v) is 17.9. The molecule has 0 bridgehead atoms. The van der Waals surface area contributed by atoms with Gasteiger partial charge in [-0.25, -0.2) is 9.59 Å². The summed E-state index contributed by atoms with van der Waals surface area (Å²) < 4.78 is 69.2. The number of fused-ring (bicyclic) bond motifs is 2. The number of methoxy groups -OCH3 is 1. The van der Waals surface area contributed by atoms with E-state index in [2.05, 4.69) is 0 Å². The predicted molar refractivity (Wildman–Crippen MR) is 259 cm³/mol. The first-order valence-corrected chi connectivity index (χ1v) is 24.4. The summed E-state index contributed by atoms with van der Waals surface area (Å²) >= 11 is 6.09. The third-order valence-electron chi connectivity index (χ3n) is 12.7. The van der Waals surface area contributed by atoms with Crippen LogP contribution in [0, 0.1) is 0 Å². The van der Waals surface area contributed by atoms with Gasteiger partial charge in [-0.05, 0) is 67.6 Å². The lowest BCUT2D eigenvalue weighted by Crippen LogP contribution is -2.71. The monoisotopic (exact) mass is 1050 g/mol. The van der Waals surface area contributed by atoms with Crippen LogP contribution in [-0.2, 0) is 57.0 Å². The molecule has 4 aliphatic rings. The van der Waals surface area contributed by atoms with E-state index in [-0.39, 0.29) is 53.2 Å². The van der Waals surface area contributed by atoms with E-state index in [0.717, 1.165) is 4.90 Å². The fourth-order valence-corrected chi connectivity index (χ4v) is 9.11. The zero-order valence-corrected chi connectivity index (χ0v) is 41.1. The van der Waals surface area contributed by atoms with Crippen LogP contribution in [0.15, 0.2) is 140 Å². The number of amides is 2. The van der Waals surface area contributed by atoms with E-state index in [4.69, 9.17) is 63.7 Å². The van der Waals surface area contributed by atoms with Crippen LogP contribution in [0.25, 0.3) is 0 Å². The zero-order valence-electron chi connectivity index (χ0n) is 40.3. The molecule has 0 unspecified atom stereocenters. The highest BCUT2D eigenvalue weighted by atomic mass is 35.5. The largest absolute Gasteiger partial charge is 0.497 e. The number of rotatable bonds is 18. The van der Waals surface area contributed by atoms with Crippen LogP contribution in [0.1, 0.15) is 73.1 Å². The smallest absolute Gasteiger partial charge is 0.338 e. The molecule has 5 aromatic carbocycles. The van der Waals surface area contributed by atoms with Gasteiger partial charge in [-0.3, -0.25) is 24.1 Å². The molecule has 5 aromatic rings. The third kappa shape index (κ3) is 11.9. The molecule has 0 spiro atoms. The van der Waals surface area contributed by atoms with E-state index in [1.165, 1.54) is 50.4 Å². The van der Waals surface area contributed by atoms with Gasteiger partial charge in [0.05, 0.1) is 42.4 Å². The number of esters is 4. The minimum absolute atomic E-state index is 0.0123. The Hall–Kier alpha value is -7.52. The van der Waals surface area contributed by atoms with Gasteiger partial charge in [0, 0.05) is 12.0 Å². The van der Waals surface area contributed by atoms with E-state index in [0.29, 0.717) is 11.3 Å². The Bertz CT molecular complexity index is 2820. The van der Waals surface area contributed by atoms with Crippen LogP contribution in [0.4, 0.5) is 0 Å². The Labute approximate surface area is 434 Å². The minimum Gasteiger partial charge on any atom is -0.497 e. The van der Waals surface area contributed by atoms with E-state index in [1.807, 2.05) is 0 Å². The normalized spacial score (nSPS) is 26.0. The maximum Gasteiger partial charge on any atom is 0.338 e. The quantitative estimate of drug-likeness (QED) is 0.0412. The van der Waals surface area contributed by atoms with Crippen molar-refractivity contribution in [1.82, 2.24) is 4.90 Å². The summed E-state index contributed by atoms with van der Waals surface area (Å²) in [6, 6.07) is 35.1. The molecule has 3 saturated heterocycles. The summed E-state index contributed by atoms with van der Waals surface area (Å²) in [5.41, 5.74) is 0.736. The van der Waals surface area contributed by atoms with Crippen LogP contribution in [0.2, 0.25) is 0 Å². The number of halogens is 1. The molecule has 11 atom stereocenters. The highest BCUT2D eigenvalue weighted by Gasteiger charge is 2.61. The van der Waals surface area contributed by atoms with Crippen molar-refractivity contribution in [3.05, 3.63) is 167 Å². The van der Waals surface area contributed by atoms with E-state index < -0.39 is 116 Å². The highest BCUT2D eigenvalue weighted by molar-refractivity contribution is 6.26. The first kappa shape index (κ1) is 52.3. The molecule has 3 fully saturated rings. The number of carbonyl (C=O) groups is 7. The molecule has 4 aliphatic heterocycles. The summed E-state index contributed by atoms with van der Waals surface area (Å²) in [5.74, 6) is -5.61. The molecule has 0 N–H and O–H groups in total. The van der Waals surface area contributed by atoms with Crippen molar-refractivity contribution < 1.29 is 85.7 Å². The van der Waals surface area contributed by atoms with Gasteiger partial charge in [0.25, 0.3) is 11.8 Å². The average Bonchev–Trinajstić information content (AvgIpc) is 3.70. The predicted octanol–water partition coefficient (Wildman–Crippen LogP) is 6.20. The van der Waals surface area contributed by atoms with E-state index in [1.54, 1.807) is 103 Å². The molecule has 0 aliphatic carbocycles. The fraction of sp³-hybridized carbons (Fsp3) is 0.327. The van der Waals surface area contributed by atoms with E-state index >= 15 is 0 Å². The summed E-state index contributed by atoms with van der Waals surface area (Å²) in [4.78, 5) is 97.7. The topological polar surface area (TPSA) is 224 Å². The lowest BCUT2D eigenvalue weighted by Gasteiger charge is -2.52. The molecule has 390 valence electrons. The van der Waals surface area contributed by atoms with Crippen molar-refractivity contribution in [2.24, 2.45) is 0 Å². The number of ether oxygens (including phenoxy) is 11. The first-order valence-electron chi connectivity index (χ1n) is 23.9. The molecular formula is C55H50ClNO18. The molecule has 0 saturated carbocycles. The fourth-order valence-electron chi connectivity index (χ4n) is 9.05. The number of ketones is 1. The SMILES string of the molecule is COc1ccc(O[C@@H]2O[C@H](COC(=O)CCC(C)=O)[C@@H](O[C@@H]3O[C@@H]4CO[C@@H](c5ccccc5)O[C@H]4[C@H](OC(=O)CCl)[C@H]3N3C(=O)c4ccccc4C3=O)[C@H](OC(=O)c3ccccc3)[C@H]2OC(=O)c2ccccc2)cc1. The Morgan fingerprint density at radius 1 is 0.613 bits per heavy atom. The standard InChI is InChI=1S/C55H50ClNO18/c1-31(58)22-27-41(59)66-29-39-45(47(72-51(63)32-14-6-3-7-15-32)48(73-52(64)33-16-8-4-9-17-33)55(70-39)68-36-25-23-35(65-2)24-26-36)75-54-43(57-49(61)37-20-12-13-21-38(37)50(57)62)46(71-42(60)28-56)44-40(69-54)30-67-53(74-44)34-18-10-5-11-19-34/h3-21,23-26,39-40,43-48,53-55H,22,27-30H2,1-2H3/t39-,40-,43-,44-,45-,46-,47+,48-,53-,54+,55-/m1/s1. The molecule has 0 radical (unpaired) electrons. The second-order valence-electron chi connectivity index (χ2n) is 17.6. The number of alkyl halides is 1. The summed E-state index contributed by atoms with van der Waals surface area (Å²) in [6.45, 7) is 0.398. The van der Waals surface area contributed by atoms with Crippen molar-refractivity contribution >= 4 is 53.1 Å². The highest BCUT2D eigenvalue weighted by Crippen LogP contribution is 2.42. The van der Waals surface area contributed by atoms with Crippen molar-refractivity contribution in [1.29, 1.82) is 0 Å². The Kier molecular flexibility index (Phi) is 16.6. The summed E-state index contributed by atoms with van der Waals surface area (Å²) in [6.07, 6.45) is -16.0. The molecule has 4 heterocycles. The second kappa shape index (κ2) is 23.8. The van der Waals surface area contributed by atoms with Gasteiger partial charge < -0.3 is 56.9 Å². The van der Waals surface area contributed by atoms with Gasteiger partial charge in [0.2, 0.25) is 12.4 Å². The lowest BCUT2D eigenvalue weighted by molar-refractivity contribution is -0.372. The number of benzene rings is 5. The van der Waals surface area contributed by atoms with Gasteiger partial charge >= 0.3 is 23.9 Å². The Morgan fingerprint density at radius 3 is 1.77 bits per heavy atom. The summed E-state index contributed by atoms with van der Waals surface area (Å²) in [5, 5.41) is 0. The van der Waals surface area contributed by atoms with Crippen molar-refractivity contribution in [3.8, 4) is 11.5 Å². The Morgan fingerprint density at radius 2 is 1.19 bits per heavy atom. The number of hydrogen-bond acceptors (Lipinski definition) is 18. The minimum atomic E-state index is -1.88. The van der Waals surface area contributed by atoms with Crippen molar-refractivity contribution in [2.45, 2.75) is 87.4 Å². The first-order chi connectivity index (χ1) is 36.4. The molecule has 0 aromatic heterocycles. The van der Waals surface area contributed by atoms with Crippen molar-refractivity contribution in [3.63, 3.8) is 0 Å². The van der Waals surface area contributed by atoms with E-state index in [9.17, 15) is 33.6 Å². The van der Waals surface area contributed by atoms with Crippen LogP contribution in [-0.4, -0.2) is 134 Å². The van der Waals surface area contributed by atoms with Crippen LogP contribution >= 0.6 is 11.6 Å². The van der Waals surface area contributed by atoms with Gasteiger partial charge in [-0.2, -0.15) is 0 Å². The number of imide groups is 1. The van der Waals surface area contributed by atoms with Crippen LogP contribution in [0.5, 0.6) is 11.5 Å². The molecular weight excluding hydrogens is 998 g/mol. The van der Waals surface area contributed by atoms with Crippen molar-refractivity contribution in [2.75, 3.05) is 26.2 Å². The van der Waals surface area contributed by atoms with Crippen LogP contribution < -0.4 is 9.47 Å². The number of carbonyl (C=O) groups excluding carboxylic acids is 7. The lowest BCUT2D eigenvalue weighted by atomic mass is 9.93. The van der Waals surface area contributed by atoms with Gasteiger partial charge in [0.1, 0.15) is 60.2 Å². The molecule has 75 heavy (non-hydrogen) atoms. The van der Waals surface area contributed by atoms with Crippen LogP contribution in [0.3, 0.4) is 0 Å².